The van der Waals surface area contributed by atoms with Gasteiger partial charge in [-0.25, -0.2) is 0 Å². The van der Waals surface area contributed by atoms with Crippen LogP contribution < -0.4 is 10.6 Å². The molecule has 3 heteroatoms. The van der Waals surface area contributed by atoms with Crippen molar-refractivity contribution in [3.63, 3.8) is 0 Å². The summed E-state index contributed by atoms with van der Waals surface area (Å²) in [5.41, 5.74) is 1.96. The average molecular weight is 215 g/mol. The normalized spacial score (nSPS) is 21.6. The van der Waals surface area contributed by atoms with E-state index in [1.54, 1.807) is 0 Å². The maximum atomic E-state index is 8.72. The van der Waals surface area contributed by atoms with Gasteiger partial charge in [0.25, 0.3) is 0 Å². The summed E-state index contributed by atoms with van der Waals surface area (Å²) in [6.07, 6.45) is 1.20. The molecule has 1 saturated heterocycles. The second-order valence-electron chi connectivity index (χ2n) is 4.31. The van der Waals surface area contributed by atoms with E-state index in [1.165, 1.54) is 12.0 Å². The van der Waals surface area contributed by atoms with Crippen LogP contribution in [0.25, 0.3) is 0 Å². The van der Waals surface area contributed by atoms with Gasteiger partial charge in [0, 0.05) is 18.6 Å². The van der Waals surface area contributed by atoms with E-state index < -0.39 is 0 Å². The lowest BCUT2D eigenvalue weighted by Gasteiger charge is -2.19. The molecule has 0 aliphatic carbocycles. The maximum Gasteiger partial charge on any atom is 0.0991 e. The fourth-order valence-corrected chi connectivity index (χ4v) is 2.09. The van der Waals surface area contributed by atoms with Crippen molar-refractivity contribution in [3.05, 3.63) is 35.4 Å². The second-order valence-corrected chi connectivity index (χ2v) is 4.31. The molecule has 1 aliphatic heterocycles. The number of nitriles is 1. The molecule has 0 bridgehead atoms. The minimum absolute atomic E-state index is 0.345. The number of nitrogens with one attached hydrogen (secondary N) is 2. The van der Waals surface area contributed by atoms with Crippen LogP contribution in [0.1, 0.15) is 30.5 Å². The maximum absolute atomic E-state index is 8.72. The van der Waals surface area contributed by atoms with Crippen LogP contribution in [0.3, 0.4) is 0 Å². The lowest BCUT2D eigenvalue weighted by molar-refractivity contribution is 0.478. The van der Waals surface area contributed by atoms with Gasteiger partial charge in [0.2, 0.25) is 0 Å². The highest BCUT2D eigenvalue weighted by Gasteiger charge is 2.16. The zero-order chi connectivity index (χ0) is 11.4. The lowest BCUT2D eigenvalue weighted by atomic mass is 10.1. The first kappa shape index (κ1) is 11.1. The molecule has 0 aromatic heterocycles. The zero-order valence-electron chi connectivity index (χ0n) is 9.53. The van der Waals surface area contributed by atoms with Crippen LogP contribution >= 0.6 is 0 Å². The first-order valence-electron chi connectivity index (χ1n) is 5.76. The topological polar surface area (TPSA) is 47.8 Å². The first-order valence-corrected chi connectivity index (χ1v) is 5.76. The molecule has 2 atom stereocenters. The highest BCUT2D eigenvalue weighted by molar-refractivity contribution is 5.32. The fraction of sp³-hybridized carbons (Fsp3) is 0.462. The highest BCUT2D eigenvalue weighted by atomic mass is 15.0. The van der Waals surface area contributed by atoms with E-state index in [2.05, 4.69) is 23.6 Å². The van der Waals surface area contributed by atoms with E-state index in [0.29, 0.717) is 12.1 Å². The van der Waals surface area contributed by atoms with Crippen LogP contribution in [-0.2, 0) is 0 Å². The van der Waals surface area contributed by atoms with Gasteiger partial charge >= 0.3 is 0 Å². The number of nitrogens with zero attached hydrogens (tertiary/aromatic N) is 1. The predicted octanol–water partition coefficient (Wildman–Crippen LogP) is 1.57. The standard InChI is InChI=1S/C13H17N3/c1-10(16-13-6-7-15-9-13)12-4-2-11(8-14)3-5-12/h2-5,10,13,15-16H,6-7,9H2,1H3. The third-order valence-corrected chi connectivity index (χ3v) is 3.09. The van der Waals surface area contributed by atoms with Crippen molar-refractivity contribution < 1.29 is 0 Å². The summed E-state index contributed by atoms with van der Waals surface area (Å²) in [6.45, 7) is 4.33. The van der Waals surface area contributed by atoms with Crippen LogP contribution in [-0.4, -0.2) is 19.1 Å². The summed E-state index contributed by atoms with van der Waals surface area (Å²) in [6, 6.07) is 10.9. The lowest BCUT2D eigenvalue weighted by Crippen LogP contribution is -2.33. The van der Waals surface area contributed by atoms with Gasteiger partial charge in [0.05, 0.1) is 11.6 Å². The van der Waals surface area contributed by atoms with E-state index in [-0.39, 0.29) is 0 Å². The van der Waals surface area contributed by atoms with Gasteiger partial charge in [-0.3, -0.25) is 0 Å². The van der Waals surface area contributed by atoms with E-state index in [4.69, 9.17) is 5.26 Å². The smallest absolute Gasteiger partial charge is 0.0991 e. The van der Waals surface area contributed by atoms with Crippen LogP contribution in [0.15, 0.2) is 24.3 Å². The second kappa shape index (κ2) is 5.11. The molecule has 16 heavy (non-hydrogen) atoms. The van der Waals surface area contributed by atoms with Gasteiger partial charge in [-0.1, -0.05) is 12.1 Å². The molecule has 0 saturated carbocycles. The van der Waals surface area contributed by atoms with Crippen LogP contribution in [0.2, 0.25) is 0 Å². The summed E-state index contributed by atoms with van der Waals surface area (Å²) < 4.78 is 0. The molecular weight excluding hydrogens is 198 g/mol. The van der Waals surface area contributed by atoms with Gasteiger partial charge in [-0.15, -0.1) is 0 Å². The molecule has 3 nitrogen and oxygen atoms in total. The van der Waals surface area contributed by atoms with Gasteiger partial charge in [0.15, 0.2) is 0 Å². The van der Waals surface area contributed by atoms with E-state index in [9.17, 15) is 0 Å². The fourth-order valence-electron chi connectivity index (χ4n) is 2.09. The monoisotopic (exact) mass is 215 g/mol. The minimum atomic E-state index is 0.345. The Morgan fingerprint density at radius 2 is 2.19 bits per heavy atom. The average Bonchev–Trinajstić information content (AvgIpc) is 2.82. The highest BCUT2D eigenvalue weighted by Crippen LogP contribution is 2.15. The molecular formula is C13H17N3. The molecule has 1 fully saturated rings. The molecule has 1 aliphatic rings. The zero-order valence-corrected chi connectivity index (χ0v) is 9.53. The summed E-state index contributed by atoms with van der Waals surface area (Å²) in [7, 11) is 0. The summed E-state index contributed by atoms with van der Waals surface area (Å²) in [5, 5.41) is 15.7. The van der Waals surface area contributed by atoms with E-state index in [1.807, 2.05) is 24.3 Å². The van der Waals surface area contributed by atoms with Gasteiger partial charge in [0.1, 0.15) is 0 Å². The van der Waals surface area contributed by atoms with Gasteiger partial charge in [-0.05, 0) is 37.6 Å². The third kappa shape index (κ3) is 2.60. The molecule has 1 heterocycles. The molecule has 0 amide bonds. The SMILES string of the molecule is CC(NC1CCNC1)c1ccc(C#N)cc1. The minimum Gasteiger partial charge on any atom is -0.315 e. The van der Waals surface area contributed by atoms with Crippen molar-refractivity contribution in [1.82, 2.24) is 10.6 Å². The van der Waals surface area contributed by atoms with Crippen LogP contribution in [0.5, 0.6) is 0 Å². The number of rotatable bonds is 3. The third-order valence-electron chi connectivity index (χ3n) is 3.09. The largest absolute Gasteiger partial charge is 0.315 e. The summed E-state index contributed by atoms with van der Waals surface area (Å²) in [4.78, 5) is 0. The Labute approximate surface area is 96.5 Å². The molecule has 0 spiro atoms. The quantitative estimate of drug-likeness (QED) is 0.804. The number of hydrogen-bond donors (Lipinski definition) is 2. The van der Waals surface area contributed by atoms with Crippen molar-refractivity contribution in [2.24, 2.45) is 0 Å². The molecule has 1 aromatic carbocycles. The molecule has 2 N–H and O–H groups in total. The Balaban J connectivity index is 1.97. The Morgan fingerprint density at radius 1 is 1.44 bits per heavy atom. The van der Waals surface area contributed by atoms with E-state index >= 15 is 0 Å². The number of benzene rings is 1. The van der Waals surface area contributed by atoms with Crippen molar-refractivity contribution >= 4 is 0 Å². The Hall–Kier alpha value is -1.37. The molecule has 2 rings (SSSR count). The molecule has 1 aromatic rings. The van der Waals surface area contributed by atoms with Gasteiger partial charge < -0.3 is 10.6 Å². The van der Waals surface area contributed by atoms with Crippen LogP contribution in [0, 0.1) is 11.3 Å². The summed E-state index contributed by atoms with van der Waals surface area (Å²) >= 11 is 0. The van der Waals surface area contributed by atoms with Crippen LogP contribution in [0.4, 0.5) is 0 Å². The Morgan fingerprint density at radius 3 is 2.75 bits per heavy atom. The van der Waals surface area contributed by atoms with Crippen molar-refractivity contribution in [1.29, 1.82) is 5.26 Å². The predicted molar refractivity (Wildman–Crippen MR) is 64.0 cm³/mol. The van der Waals surface area contributed by atoms with Crippen molar-refractivity contribution in [2.75, 3.05) is 13.1 Å². The first-order chi connectivity index (χ1) is 7.79. The van der Waals surface area contributed by atoms with Gasteiger partial charge in [-0.2, -0.15) is 5.26 Å². The Bertz CT molecular complexity index is 371. The summed E-state index contributed by atoms with van der Waals surface area (Å²) in [5.74, 6) is 0. The molecule has 2 unspecified atom stereocenters. The molecule has 84 valence electrons. The molecule has 0 radical (unpaired) electrons. The van der Waals surface area contributed by atoms with E-state index in [0.717, 1.165) is 18.7 Å². The number of hydrogen-bond acceptors (Lipinski definition) is 3. The Kier molecular flexibility index (Phi) is 3.55. The van der Waals surface area contributed by atoms with Crippen molar-refractivity contribution in [3.8, 4) is 6.07 Å². The van der Waals surface area contributed by atoms with Crippen molar-refractivity contribution in [2.45, 2.75) is 25.4 Å².